The molecule has 1 aliphatic carbocycles. The van der Waals surface area contributed by atoms with E-state index in [-0.39, 0.29) is 0 Å². The van der Waals surface area contributed by atoms with Gasteiger partial charge in [0.1, 0.15) is 5.84 Å². The van der Waals surface area contributed by atoms with Gasteiger partial charge in [-0.1, -0.05) is 18.2 Å². The summed E-state index contributed by atoms with van der Waals surface area (Å²) in [7, 11) is 3.98. The second kappa shape index (κ2) is 6.05. The summed E-state index contributed by atoms with van der Waals surface area (Å²) in [6, 6.07) is 0. The molecular formula is C13H19N3. The van der Waals surface area contributed by atoms with Gasteiger partial charge >= 0.3 is 0 Å². The van der Waals surface area contributed by atoms with Crippen LogP contribution in [0.2, 0.25) is 0 Å². The molecule has 0 atom stereocenters. The molecule has 0 aliphatic heterocycles. The van der Waals surface area contributed by atoms with E-state index in [2.05, 4.69) is 28.9 Å². The number of likely N-dealkylation sites (N-methyl/N-ethyl adjacent to an activating group) is 1. The Hall–Kier alpha value is -1.64. The van der Waals surface area contributed by atoms with Crippen molar-refractivity contribution in [2.75, 3.05) is 20.6 Å². The van der Waals surface area contributed by atoms with Gasteiger partial charge < -0.3 is 4.90 Å². The Morgan fingerprint density at radius 2 is 2.25 bits per heavy atom. The van der Waals surface area contributed by atoms with Gasteiger partial charge in [0.15, 0.2) is 0 Å². The zero-order chi connectivity index (χ0) is 12.0. The molecule has 1 rings (SSSR count). The second-order valence-electron chi connectivity index (χ2n) is 3.68. The second-order valence-corrected chi connectivity index (χ2v) is 3.68. The molecule has 0 spiro atoms. The molecule has 0 aromatic rings. The number of hydrogen-bond donors (Lipinski definition) is 0. The van der Waals surface area contributed by atoms with Crippen molar-refractivity contribution < 1.29 is 0 Å². The maximum atomic E-state index is 4.50. The molecule has 0 saturated carbocycles. The van der Waals surface area contributed by atoms with Gasteiger partial charge in [-0.3, -0.25) is 9.98 Å². The minimum Gasteiger partial charge on any atom is -0.362 e. The standard InChI is InChI=1S/C13H19N3/c1-5-15-13(16(3)4)11-9-7-6-8-10-12(11)14-2/h6-7,9-10H,2,5,8H2,1,3-4H3. The van der Waals surface area contributed by atoms with Gasteiger partial charge in [-0.15, -0.1) is 0 Å². The van der Waals surface area contributed by atoms with E-state index in [1.165, 1.54) is 0 Å². The largest absolute Gasteiger partial charge is 0.362 e. The molecule has 3 nitrogen and oxygen atoms in total. The lowest BCUT2D eigenvalue weighted by Gasteiger charge is -2.18. The Balaban J connectivity index is 3.15. The number of aliphatic imine (C=N–C) groups is 2. The molecule has 0 radical (unpaired) electrons. The van der Waals surface area contributed by atoms with Crippen LogP contribution in [0.25, 0.3) is 0 Å². The van der Waals surface area contributed by atoms with Crippen LogP contribution >= 0.6 is 0 Å². The van der Waals surface area contributed by atoms with Gasteiger partial charge in [0.05, 0.1) is 5.70 Å². The van der Waals surface area contributed by atoms with Crippen LogP contribution in [0.4, 0.5) is 0 Å². The molecule has 0 N–H and O–H groups in total. The van der Waals surface area contributed by atoms with Crippen molar-refractivity contribution in [3.63, 3.8) is 0 Å². The summed E-state index contributed by atoms with van der Waals surface area (Å²) in [5.74, 6) is 0.952. The average molecular weight is 217 g/mol. The Bertz CT molecular complexity index is 371. The first-order valence-electron chi connectivity index (χ1n) is 5.47. The van der Waals surface area contributed by atoms with Crippen molar-refractivity contribution in [3.05, 3.63) is 35.6 Å². The quantitative estimate of drug-likeness (QED) is 0.527. The highest BCUT2D eigenvalue weighted by Crippen LogP contribution is 2.18. The van der Waals surface area contributed by atoms with E-state index in [0.29, 0.717) is 0 Å². The average Bonchev–Trinajstić information content (AvgIpc) is 2.50. The molecule has 0 aromatic carbocycles. The van der Waals surface area contributed by atoms with Crippen LogP contribution in [0, 0.1) is 0 Å². The van der Waals surface area contributed by atoms with Crippen molar-refractivity contribution in [2.24, 2.45) is 9.98 Å². The minimum absolute atomic E-state index is 0.763. The van der Waals surface area contributed by atoms with Crippen LogP contribution < -0.4 is 0 Å². The SMILES string of the molecule is C=NC1=CCC=CC=C1C(=NCC)N(C)C. The summed E-state index contributed by atoms with van der Waals surface area (Å²) < 4.78 is 0. The Labute approximate surface area is 97.6 Å². The van der Waals surface area contributed by atoms with Gasteiger partial charge in [0.2, 0.25) is 0 Å². The predicted octanol–water partition coefficient (Wildman–Crippen LogP) is 2.44. The predicted molar refractivity (Wildman–Crippen MR) is 71.1 cm³/mol. The van der Waals surface area contributed by atoms with Crippen LogP contribution in [0.5, 0.6) is 0 Å². The van der Waals surface area contributed by atoms with E-state index in [0.717, 1.165) is 30.1 Å². The van der Waals surface area contributed by atoms with Gasteiger partial charge in [0.25, 0.3) is 0 Å². The van der Waals surface area contributed by atoms with Crippen molar-refractivity contribution >= 4 is 12.6 Å². The zero-order valence-corrected chi connectivity index (χ0v) is 10.3. The first-order chi connectivity index (χ1) is 7.70. The van der Waals surface area contributed by atoms with E-state index in [1.807, 2.05) is 38.1 Å². The number of hydrogen-bond acceptors (Lipinski definition) is 2. The number of amidine groups is 1. The summed E-state index contributed by atoms with van der Waals surface area (Å²) in [4.78, 5) is 10.6. The lowest BCUT2D eigenvalue weighted by Crippen LogP contribution is -2.25. The Morgan fingerprint density at radius 1 is 1.50 bits per heavy atom. The van der Waals surface area contributed by atoms with Crippen LogP contribution in [0.15, 0.2) is 45.6 Å². The van der Waals surface area contributed by atoms with E-state index in [1.54, 1.807) is 0 Å². The van der Waals surface area contributed by atoms with Crippen molar-refractivity contribution in [1.82, 2.24) is 4.90 Å². The fraction of sp³-hybridized carbons (Fsp3) is 0.385. The Kier molecular flexibility index (Phi) is 4.70. The fourth-order valence-electron chi connectivity index (χ4n) is 1.57. The van der Waals surface area contributed by atoms with Gasteiger partial charge in [-0.2, -0.15) is 0 Å². The molecular weight excluding hydrogens is 198 g/mol. The molecule has 0 unspecified atom stereocenters. The third-order valence-electron chi connectivity index (χ3n) is 2.26. The molecule has 0 bridgehead atoms. The summed E-state index contributed by atoms with van der Waals surface area (Å²) in [5, 5.41) is 0. The van der Waals surface area contributed by atoms with Crippen molar-refractivity contribution in [3.8, 4) is 0 Å². The lowest BCUT2D eigenvalue weighted by molar-refractivity contribution is 0.619. The molecule has 0 saturated heterocycles. The highest BCUT2D eigenvalue weighted by molar-refractivity contribution is 6.02. The summed E-state index contributed by atoms with van der Waals surface area (Å²) in [6.07, 6.45) is 9.14. The zero-order valence-electron chi connectivity index (χ0n) is 10.3. The van der Waals surface area contributed by atoms with E-state index >= 15 is 0 Å². The first kappa shape index (κ1) is 12.4. The summed E-state index contributed by atoms with van der Waals surface area (Å²) in [6.45, 7) is 6.41. The molecule has 0 fully saturated rings. The molecule has 3 heteroatoms. The van der Waals surface area contributed by atoms with E-state index < -0.39 is 0 Å². The lowest BCUT2D eigenvalue weighted by atomic mass is 10.1. The maximum absolute atomic E-state index is 4.50. The Morgan fingerprint density at radius 3 is 2.81 bits per heavy atom. The molecule has 0 heterocycles. The van der Waals surface area contributed by atoms with Crippen molar-refractivity contribution in [2.45, 2.75) is 13.3 Å². The smallest absolute Gasteiger partial charge is 0.132 e. The molecule has 0 aromatic heterocycles. The summed E-state index contributed by atoms with van der Waals surface area (Å²) in [5.41, 5.74) is 1.95. The summed E-state index contributed by atoms with van der Waals surface area (Å²) >= 11 is 0. The third kappa shape index (κ3) is 2.92. The third-order valence-corrected chi connectivity index (χ3v) is 2.26. The molecule has 0 amide bonds. The molecule has 86 valence electrons. The van der Waals surface area contributed by atoms with E-state index in [9.17, 15) is 0 Å². The fourth-order valence-corrected chi connectivity index (χ4v) is 1.57. The monoisotopic (exact) mass is 217 g/mol. The number of nitrogens with zero attached hydrogens (tertiary/aromatic N) is 3. The maximum Gasteiger partial charge on any atom is 0.132 e. The van der Waals surface area contributed by atoms with Crippen LogP contribution in [0.1, 0.15) is 13.3 Å². The topological polar surface area (TPSA) is 28.0 Å². The van der Waals surface area contributed by atoms with Gasteiger partial charge in [-0.25, -0.2) is 0 Å². The van der Waals surface area contributed by atoms with E-state index in [4.69, 9.17) is 0 Å². The number of allylic oxidation sites excluding steroid dienone is 4. The number of rotatable bonds is 3. The van der Waals surface area contributed by atoms with Crippen LogP contribution in [-0.2, 0) is 0 Å². The van der Waals surface area contributed by atoms with Crippen LogP contribution in [0.3, 0.4) is 0 Å². The molecule has 16 heavy (non-hydrogen) atoms. The normalized spacial score (nSPS) is 16.3. The highest BCUT2D eigenvalue weighted by atomic mass is 15.1. The van der Waals surface area contributed by atoms with Crippen molar-refractivity contribution in [1.29, 1.82) is 0 Å². The van der Waals surface area contributed by atoms with Gasteiger partial charge in [0, 0.05) is 26.2 Å². The minimum atomic E-state index is 0.763. The highest BCUT2D eigenvalue weighted by Gasteiger charge is 2.13. The molecule has 1 aliphatic rings. The van der Waals surface area contributed by atoms with Crippen LogP contribution in [-0.4, -0.2) is 38.1 Å². The van der Waals surface area contributed by atoms with Gasteiger partial charge in [-0.05, 0) is 26.1 Å². The first-order valence-corrected chi connectivity index (χ1v) is 5.47.